The maximum Gasteiger partial charge on any atom is 0.433 e. The fourth-order valence-electron chi connectivity index (χ4n) is 3.15. The Morgan fingerprint density at radius 1 is 1.00 bits per heavy atom. The van der Waals surface area contributed by atoms with E-state index in [2.05, 4.69) is 11.9 Å². The van der Waals surface area contributed by atoms with Crippen LogP contribution in [0.25, 0.3) is 11.1 Å². The van der Waals surface area contributed by atoms with E-state index in [1.54, 1.807) is 24.3 Å². The molecule has 0 unspecified atom stereocenters. The summed E-state index contributed by atoms with van der Waals surface area (Å²) in [6.45, 7) is 2.79. The molecule has 1 aromatic heterocycles. The maximum absolute atomic E-state index is 12.8. The number of halogens is 4. The van der Waals surface area contributed by atoms with Crippen LogP contribution < -0.4 is 4.74 Å². The van der Waals surface area contributed by atoms with Crippen LogP contribution in [0.4, 0.5) is 13.2 Å². The van der Waals surface area contributed by atoms with Gasteiger partial charge >= 0.3 is 6.18 Å². The van der Waals surface area contributed by atoms with Crippen molar-refractivity contribution in [3.8, 4) is 22.9 Å². The Kier molecular flexibility index (Phi) is 9.45. The number of pyridine rings is 1. The molecule has 0 aliphatic heterocycles. The molecule has 0 aliphatic rings. The zero-order valence-electron chi connectivity index (χ0n) is 17.1. The summed E-state index contributed by atoms with van der Waals surface area (Å²) in [4.78, 5) is 3.43. The minimum absolute atomic E-state index is 0.133. The molecule has 0 saturated heterocycles. The van der Waals surface area contributed by atoms with Crippen molar-refractivity contribution in [2.75, 3.05) is 6.61 Å². The van der Waals surface area contributed by atoms with Crippen LogP contribution >= 0.6 is 11.6 Å². The van der Waals surface area contributed by atoms with Gasteiger partial charge < -0.3 is 4.74 Å². The Hall–Kier alpha value is -2.26. The highest BCUT2D eigenvalue weighted by atomic mass is 35.5. The van der Waals surface area contributed by atoms with Gasteiger partial charge in [-0.2, -0.15) is 18.4 Å². The molecule has 0 aliphatic carbocycles. The molecule has 0 saturated carbocycles. The Labute approximate surface area is 180 Å². The Morgan fingerprint density at radius 3 is 2.27 bits per heavy atom. The zero-order valence-corrected chi connectivity index (χ0v) is 17.8. The summed E-state index contributed by atoms with van der Waals surface area (Å²) < 4.78 is 44.2. The third kappa shape index (κ3) is 7.21. The van der Waals surface area contributed by atoms with Crippen molar-refractivity contribution in [1.82, 2.24) is 4.98 Å². The van der Waals surface area contributed by atoms with E-state index in [9.17, 15) is 18.4 Å². The summed E-state index contributed by atoms with van der Waals surface area (Å²) in [7, 11) is 0. The van der Waals surface area contributed by atoms with Crippen LogP contribution in [0.15, 0.2) is 30.5 Å². The molecule has 2 rings (SSSR count). The van der Waals surface area contributed by atoms with Crippen LogP contribution in [0.2, 0.25) is 5.02 Å². The molecule has 0 bridgehead atoms. The molecule has 3 nitrogen and oxygen atoms in total. The Bertz CT molecular complexity index is 863. The van der Waals surface area contributed by atoms with Crippen LogP contribution in [-0.2, 0) is 6.18 Å². The smallest absolute Gasteiger partial charge is 0.433 e. The van der Waals surface area contributed by atoms with Crippen molar-refractivity contribution >= 4 is 11.6 Å². The second kappa shape index (κ2) is 11.8. The number of alkyl halides is 3. The largest absolute Gasteiger partial charge is 0.494 e. The van der Waals surface area contributed by atoms with Gasteiger partial charge in [0.2, 0.25) is 0 Å². The van der Waals surface area contributed by atoms with Crippen molar-refractivity contribution in [3.63, 3.8) is 0 Å². The monoisotopic (exact) mass is 438 g/mol. The molecule has 0 spiro atoms. The van der Waals surface area contributed by atoms with E-state index < -0.39 is 11.9 Å². The first kappa shape index (κ1) is 24.0. The number of unbranched alkanes of at least 4 members (excludes halogenated alkanes) is 7. The molecule has 2 aromatic rings. The quantitative estimate of drug-likeness (QED) is 0.336. The summed E-state index contributed by atoms with van der Waals surface area (Å²) in [5, 5.41) is 9.54. The average molecular weight is 439 g/mol. The first-order valence-electron chi connectivity index (χ1n) is 10.3. The van der Waals surface area contributed by atoms with Crippen LogP contribution in [0.1, 0.15) is 69.5 Å². The highest BCUT2D eigenvalue weighted by Gasteiger charge is 2.33. The predicted molar refractivity (Wildman–Crippen MR) is 113 cm³/mol. The second-order valence-corrected chi connectivity index (χ2v) is 7.60. The second-order valence-electron chi connectivity index (χ2n) is 7.19. The summed E-state index contributed by atoms with van der Waals surface area (Å²) in [5.41, 5.74) is -0.546. The summed E-state index contributed by atoms with van der Waals surface area (Å²) in [6.07, 6.45) is 6.09. The molecule has 0 radical (unpaired) electrons. The predicted octanol–water partition coefficient (Wildman–Crippen LogP) is 7.81. The number of nitrogens with zero attached hydrogens (tertiary/aromatic N) is 2. The lowest BCUT2D eigenvalue weighted by molar-refractivity contribution is -0.141. The van der Waals surface area contributed by atoms with Gasteiger partial charge in [-0.3, -0.25) is 4.98 Å². The lowest BCUT2D eigenvalue weighted by atomic mass is 10.0. The van der Waals surface area contributed by atoms with Gasteiger partial charge in [0.15, 0.2) is 0 Å². The van der Waals surface area contributed by atoms with Crippen molar-refractivity contribution in [2.45, 2.75) is 64.5 Å². The number of hydrogen-bond donors (Lipinski definition) is 0. The van der Waals surface area contributed by atoms with E-state index in [0.29, 0.717) is 22.9 Å². The van der Waals surface area contributed by atoms with E-state index >= 15 is 0 Å². The van der Waals surface area contributed by atoms with E-state index in [-0.39, 0.29) is 11.1 Å². The first-order chi connectivity index (χ1) is 14.4. The summed E-state index contributed by atoms with van der Waals surface area (Å²) in [6, 6.07) is 7.47. The minimum Gasteiger partial charge on any atom is -0.494 e. The minimum atomic E-state index is -4.61. The zero-order chi connectivity index (χ0) is 22.0. The van der Waals surface area contributed by atoms with Gasteiger partial charge in [-0.05, 0) is 30.7 Å². The Balaban J connectivity index is 1.92. The summed E-state index contributed by atoms with van der Waals surface area (Å²) >= 11 is 6.31. The lowest BCUT2D eigenvalue weighted by Crippen LogP contribution is -2.08. The van der Waals surface area contributed by atoms with Gasteiger partial charge in [0.25, 0.3) is 0 Å². The molecule has 0 amide bonds. The van der Waals surface area contributed by atoms with E-state index in [4.69, 9.17) is 16.3 Å². The molecule has 1 heterocycles. The van der Waals surface area contributed by atoms with Crippen molar-refractivity contribution in [1.29, 1.82) is 5.26 Å². The van der Waals surface area contributed by atoms with Gasteiger partial charge in [-0.1, -0.05) is 63.5 Å². The number of aromatic nitrogens is 1. The molecule has 162 valence electrons. The molecular weight excluding hydrogens is 413 g/mol. The lowest BCUT2D eigenvalue weighted by Gasteiger charge is -2.12. The van der Waals surface area contributed by atoms with Gasteiger partial charge in [0, 0.05) is 17.3 Å². The average Bonchev–Trinajstić information content (AvgIpc) is 2.71. The van der Waals surface area contributed by atoms with Gasteiger partial charge in [0.1, 0.15) is 11.4 Å². The number of rotatable bonds is 11. The number of ether oxygens (including phenoxy) is 1. The van der Waals surface area contributed by atoms with Crippen molar-refractivity contribution in [2.24, 2.45) is 0 Å². The molecular formula is C23H26ClF3N2O. The molecule has 7 heteroatoms. The van der Waals surface area contributed by atoms with Crippen LogP contribution in [0.3, 0.4) is 0 Å². The number of benzene rings is 1. The van der Waals surface area contributed by atoms with Crippen LogP contribution in [-0.4, -0.2) is 11.6 Å². The normalized spacial score (nSPS) is 11.3. The first-order valence-corrected chi connectivity index (χ1v) is 10.6. The molecule has 0 N–H and O–H groups in total. The molecule has 1 aromatic carbocycles. The van der Waals surface area contributed by atoms with Crippen molar-refractivity contribution < 1.29 is 17.9 Å². The van der Waals surface area contributed by atoms with E-state index in [1.807, 2.05) is 0 Å². The van der Waals surface area contributed by atoms with Gasteiger partial charge in [-0.15, -0.1) is 0 Å². The number of hydrogen-bond acceptors (Lipinski definition) is 3. The van der Waals surface area contributed by atoms with E-state index in [0.717, 1.165) is 25.1 Å². The van der Waals surface area contributed by atoms with Gasteiger partial charge in [0.05, 0.1) is 23.3 Å². The maximum atomic E-state index is 12.8. The summed E-state index contributed by atoms with van der Waals surface area (Å²) in [5.74, 6) is 0.588. The SMILES string of the molecule is CCCCCCCCCCOc1ccc(-c2cnc(C(F)(F)F)cc2C#N)c(Cl)c1. The number of nitriles is 1. The van der Waals surface area contributed by atoms with Crippen LogP contribution in [0.5, 0.6) is 5.75 Å². The van der Waals surface area contributed by atoms with Gasteiger partial charge in [-0.25, -0.2) is 0 Å². The third-order valence-corrected chi connectivity index (χ3v) is 5.12. The van der Waals surface area contributed by atoms with Crippen molar-refractivity contribution in [3.05, 3.63) is 46.7 Å². The van der Waals surface area contributed by atoms with Crippen LogP contribution in [0, 0.1) is 11.3 Å². The third-order valence-electron chi connectivity index (χ3n) is 4.81. The fourth-order valence-corrected chi connectivity index (χ4v) is 3.42. The fraction of sp³-hybridized carbons (Fsp3) is 0.478. The molecule has 0 fully saturated rings. The Morgan fingerprint density at radius 2 is 1.67 bits per heavy atom. The molecule has 0 atom stereocenters. The standard InChI is InChI=1S/C23H26ClF3N2O/c1-2-3-4-5-6-7-8-9-12-30-18-10-11-19(21(24)14-18)20-16-29-22(23(25,26)27)13-17(20)15-28/h10-11,13-14,16H,2-9,12H2,1H3. The highest BCUT2D eigenvalue weighted by molar-refractivity contribution is 6.33. The molecule has 30 heavy (non-hydrogen) atoms. The van der Waals surface area contributed by atoms with E-state index in [1.165, 1.54) is 38.5 Å². The highest BCUT2D eigenvalue weighted by Crippen LogP contribution is 2.35. The topological polar surface area (TPSA) is 45.9 Å².